The van der Waals surface area contributed by atoms with Crippen LogP contribution in [0.25, 0.3) is 0 Å². The average molecular weight is 603 g/mol. The highest BCUT2D eigenvalue weighted by atomic mass is 31.2. The maximum absolute atomic E-state index is 13.9. The van der Waals surface area contributed by atoms with Crippen molar-refractivity contribution in [2.24, 2.45) is 0 Å². The minimum Gasteiger partial charge on any atom is -0.274 e. The van der Waals surface area contributed by atoms with Crippen LogP contribution in [0.15, 0.2) is 97.1 Å². The Morgan fingerprint density at radius 2 is 0.814 bits per heavy atom. The third-order valence-corrected chi connectivity index (χ3v) is 12.8. The average Bonchev–Trinajstić information content (AvgIpc) is 3.26. The molecule has 0 spiro atoms. The van der Waals surface area contributed by atoms with Crippen molar-refractivity contribution in [2.75, 3.05) is 12.7 Å². The summed E-state index contributed by atoms with van der Waals surface area (Å²) in [6.45, 7) is 0.453. The Labute approximate surface area is 252 Å². The van der Waals surface area contributed by atoms with Gasteiger partial charge in [0.1, 0.15) is 40.6 Å². The summed E-state index contributed by atoms with van der Waals surface area (Å²) in [6.07, 6.45) is 8.79. The fourth-order valence-electron chi connectivity index (χ4n) is 6.04. The zero-order valence-corrected chi connectivity index (χ0v) is 25.0. The van der Waals surface area contributed by atoms with Gasteiger partial charge >= 0.3 is 0 Å². The first-order valence-electron chi connectivity index (χ1n) is 15.0. The highest BCUT2D eigenvalue weighted by Crippen LogP contribution is 2.56. The summed E-state index contributed by atoms with van der Waals surface area (Å²) in [4.78, 5) is 26.4. The number of fused-ring (bicyclic) bond motifs is 1. The monoisotopic (exact) mass is 602 g/mol. The van der Waals surface area contributed by atoms with Gasteiger partial charge in [0.2, 0.25) is 0 Å². The molecule has 0 unspecified atom stereocenters. The quantitative estimate of drug-likeness (QED) is 0.0839. The topological polar surface area (TPSA) is 37.4 Å². The summed E-state index contributed by atoms with van der Waals surface area (Å²) in [5, 5.41) is 2.97. The van der Waals surface area contributed by atoms with Gasteiger partial charge in [0.25, 0.3) is 11.8 Å². The maximum atomic E-state index is 13.9. The molecule has 0 bridgehead atoms. The van der Waals surface area contributed by atoms with E-state index in [0.717, 1.165) is 73.4 Å². The lowest BCUT2D eigenvalue weighted by molar-refractivity contribution is 0.0651. The van der Waals surface area contributed by atoms with Gasteiger partial charge in [0.05, 0.1) is 17.3 Å². The first-order valence-corrected chi connectivity index (χ1v) is 17.0. The molecule has 1 aliphatic rings. The van der Waals surface area contributed by atoms with Crippen LogP contribution in [-0.2, 0) is 0 Å². The van der Waals surface area contributed by atoms with Crippen molar-refractivity contribution in [3.05, 3.63) is 126 Å². The van der Waals surface area contributed by atoms with Gasteiger partial charge in [0.15, 0.2) is 0 Å². The number of hydrogen-bond acceptors (Lipinski definition) is 2. The highest BCUT2D eigenvalue weighted by Gasteiger charge is 2.45. The van der Waals surface area contributed by atoms with E-state index >= 15 is 0 Å². The summed E-state index contributed by atoms with van der Waals surface area (Å²) in [6, 6.07) is 26.7. The van der Waals surface area contributed by atoms with E-state index in [9.17, 15) is 22.8 Å². The number of benzene rings is 4. The van der Waals surface area contributed by atoms with Gasteiger partial charge in [-0.15, -0.1) is 0 Å². The predicted octanol–water partition coefficient (Wildman–Crippen LogP) is 7.81. The molecule has 0 radical (unpaired) electrons. The van der Waals surface area contributed by atoms with Crippen molar-refractivity contribution in [3.63, 3.8) is 0 Å². The molecule has 0 aromatic heterocycles. The smallest absolute Gasteiger partial charge is 0.261 e. The van der Waals surface area contributed by atoms with Crippen molar-refractivity contribution >= 4 is 35.0 Å². The molecule has 0 saturated carbocycles. The molecule has 222 valence electrons. The number of halogens is 3. The Bertz CT molecular complexity index is 1390. The van der Waals surface area contributed by atoms with Crippen LogP contribution in [0.1, 0.15) is 72.1 Å². The zero-order valence-electron chi connectivity index (χ0n) is 24.2. The van der Waals surface area contributed by atoms with Gasteiger partial charge in [-0.3, -0.25) is 14.5 Å². The number of amides is 2. The summed E-state index contributed by atoms with van der Waals surface area (Å²) in [5.74, 6) is -1.33. The van der Waals surface area contributed by atoms with E-state index < -0.39 is 7.26 Å². The zero-order chi connectivity index (χ0) is 30.2. The Kier molecular flexibility index (Phi) is 10.1. The van der Waals surface area contributed by atoms with E-state index in [4.69, 9.17) is 0 Å². The Balaban J connectivity index is 1.14. The lowest BCUT2D eigenvalue weighted by Gasteiger charge is -2.28. The normalized spacial score (nSPS) is 13.0. The van der Waals surface area contributed by atoms with Crippen LogP contribution >= 0.6 is 7.26 Å². The number of hydrogen-bond donors (Lipinski definition) is 0. The molecule has 1 heterocycles. The second kappa shape index (κ2) is 14.1. The molecule has 0 fully saturated rings. The van der Waals surface area contributed by atoms with Crippen LogP contribution in [-0.4, -0.2) is 29.4 Å². The van der Waals surface area contributed by atoms with Crippen molar-refractivity contribution in [1.82, 2.24) is 4.90 Å². The van der Waals surface area contributed by atoms with Gasteiger partial charge in [-0.05, 0) is 104 Å². The Morgan fingerprint density at radius 3 is 1.21 bits per heavy atom. The highest BCUT2D eigenvalue weighted by molar-refractivity contribution is 7.95. The molecule has 2 amide bonds. The van der Waals surface area contributed by atoms with Gasteiger partial charge in [0, 0.05) is 6.54 Å². The molecule has 0 atom stereocenters. The number of imide groups is 1. The van der Waals surface area contributed by atoms with Gasteiger partial charge in [-0.2, -0.15) is 0 Å². The molecular formula is C36H36F3NO2P+. The fourth-order valence-corrected chi connectivity index (χ4v) is 10.4. The summed E-state index contributed by atoms with van der Waals surface area (Å²) in [5.41, 5.74) is 0.995. The molecule has 7 heteroatoms. The van der Waals surface area contributed by atoms with Gasteiger partial charge < -0.3 is 0 Å². The summed E-state index contributed by atoms with van der Waals surface area (Å²) < 4.78 is 41.8. The third-order valence-electron chi connectivity index (χ3n) is 8.31. The van der Waals surface area contributed by atoms with Gasteiger partial charge in [-0.25, -0.2) is 13.2 Å². The number of rotatable bonds is 14. The van der Waals surface area contributed by atoms with Crippen LogP contribution in [0.3, 0.4) is 0 Å². The van der Waals surface area contributed by atoms with E-state index in [0.29, 0.717) is 17.7 Å². The largest absolute Gasteiger partial charge is 0.274 e. The van der Waals surface area contributed by atoms with E-state index in [1.807, 2.05) is 36.4 Å². The van der Waals surface area contributed by atoms with Gasteiger partial charge in [-0.1, -0.05) is 44.2 Å². The number of nitrogens with zero attached hydrogens (tertiary/aromatic N) is 1. The molecule has 1 aliphatic heterocycles. The minimum atomic E-state index is -2.29. The van der Waals surface area contributed by atoms with Crippen molar-refractivity contribution in [3.8, 4) is 0 Å². The Hall–Kier alpha value is -3.76. The SMILES string of the molecule is O=C1c2ccccc2C(=O)N1CCCCCCCCCC[P+](c1ccc(F)cc1)(c1ccc(F)cc1)c1ccc(F)cc1. The molecule has 0 aliphatic carbocycles. The summed E-state index contributed by atoms with van der Waals surface area (Å²) in [7, 11) is -2.29. The van der Waals surface area contributed by atoms with Crippen LogP contribution < -0.4 is 15.9 Å². The number of unbranched alkanes of at least 4 members (excludes halogenated alkanes) is 7. The van der Waals surface area contributed by atoms with E-state index in [1.165, 1.54) is 41.3 Å². The molecule has 3 nitrogen and oxygen atoms in total. The van der Waals surface area contributed by atoms with Crippen molar-refractivity contribution in [1.29, 1.82) is 0 Å². The van der Waals surface area contributed by atoms with E-state index in [1.54, 1.807) is 24.3 Å². The molecule has 4 aromatic rings. The third kappa shape index (κ3) is 6.91. The lowest BCUT2D eigenvalue weighted by atomic mass is 10.1. The van der Waals surface area contributed by atoms with E-state index in [-0.39, 0.29) is 29.3 Å². The molecular weight excluding hydrogens is 566 g/mol. The molecule has 0 N–H and O–H groups in total. The molecule has 4 aromatic carbocycles. The van der Waals surface area contributed by atoms with E-state index in [2.05, 4.69) is 0 Å². The first-order chi connectivity index (χ1) is 20.9. The Morgan fingerprint density at radius 1 is 0.465 bits per heavy atom. The molecule has 0 saturated heterocycles. The molecule has 5 rings (SSSR count). The fraction of sp³-hybridized carbons (Fsp3) is 0.278. The first kappa shape index (κ1) is 30.7. The minimum absolute atomic E-state index is 0.193. The lowest BCUT2D eigenvalue weighted by Crippen LogP contribution is -2.33. The van der Waals surface area contributed by atoms with Crippen LogP contribution in [0, 0.1) is 17.5 Å². The van der Waals surface area contributed by atoms with Crippen LogP contribution in [0.5, 0.6) is 0 Å². The second-order valence-corrected chi connectivity index (χ2v) is 14.7. The van der Waals surface area contributed by atoms with Crippen LogP contribution in [0.2, 0.25) is 0 Å². The second-order valence-electron chi connectivity index (χ2n) is 11.1. The number of carbonyl (C=O) groups excluding carboxylic acids is 2. The standard InChI is InChI=1S/C36H36F3NO2P/c37-27-13-19-30(20-14-27)43(31-21-15-28(38)16-22-31,32-23-17-29(39)18-24-32)26-10-6-4-2-1-3-5-9-25-40-35(41)33-11-7-8-12-34(33)36(40)42/h7-8,11-24H,1-6,9-10,25-26H2/q+1. The van der Waals surface area contributed by atoms with Crippen LogP contribution in [0.4, 0.5) is 13.2 Å². The maximum Gasteiger partial charge on any atom is 0.261 e. The molecule has 43 heavy (non-hydrogen) atoms. The van der Waals surface area contributed by atoms with Crippen molar-refractivity contribution in [2.45, 2.75) is 51.4 Å². The summed E-state index contributed by atoms with van der Waals surface area (Å²) >= 11 is 0. The number of carbonyl (C=O) groups is 2. The van der Waals surface area contributed by atoms with Crippen molar-refractivity contribution < 1.29 is 22.8 Å². The predicted molar refractivity (Wildman–Crippen MR) is 169 cm³/mol.